The van der Waals surface area contributed by atoms with E-state index in [1.165, 1.54) is 6.92 Å². The normalized spacial score (nSPS) is 28.6. The molecule has 3 aliphatic carbocycles. The molecule has 1 aromatic rings. The monoisotopic (exact) mass is 492 g/mol. The van der Waals surface area contributed by atoms with Gasteiger partial charge < -0.3 is 14.9 Å². The quantitative estimate of drug-likeness (QED) is 0.485. The maximum absolute atomic E-state index is 13.9. The van der Waals surface area contributed by atoms with E-state index >= 15 is 0 Å². The molecule has 7 heteroatoms. The molecule has 3 atom stereocenters. The minimum atomic E-state index is -2.00. The second-order valence-corrected chi connectivity index (χ2v) is 10.8. The van der Waals surface area contributed by atoms with Crippen molar-refractivity contribution in [2.45, 2.75) is 64.9 Å². The number of aliphatic hydroxyl groups is 2. The van der Waals surface area contributed by atoms with Gasteiger partial charge in [-0.25, -0.2) is 0 Å². The van der Waals surface area contributed by atoms with Gasteiger partial charge in [-0.1, -0.05) is 12.1 Å². The van der Waals surface area contributed by atoms with Crippen LogP contribution in [0.2, 0.25) is 0 Å². The molecule has 1 heterocycles. The number of ketones is 4. The summed E-state index contributed by atoms with van der Waals surface area (Å²) in [5.74, 6) is -2.64. The fourth-order valence-corrected chi connectivity index (χ4v) is 6.86. The first-order chi connectivity index (χ1) is 17.1. The highest BCUT2D eigenvalue weighted by atomic mass is 16.5. The summed E-state index contributed by atoms with van der Waals surface area (Å²) in [5, 5.41) is 22.1. The third-order valence-electron chi connectivity index (χ3n) is 8.76. The molecule has 1 aliphatic heterocycles. The molecule has 0 amide bonds. The zero-order chi connectivity index (χ0) is 25.9. The van der Waals surface area contributed by atoms with Crippen LogP contribution in [0.5, 0.6) is 0 Å². The molecule has 0 saturated carbocycles. The van der Waals surface area contributed by atoms with Crippen molar-refractivity contribution in [1.29, 1.82) is 0 Å². The standard InChI is InChI=1S/C29H32O7/c1-14-4-5-20(22(31)10-17-6-8-36-9-7-17)21-12-18-11-19-13-23(32)26(16(3)30)28(34)29(19,35)15(2)25(18)27(33)24(14)21/h4-5,17-19,32,35H,6-13H2,1-3H3/t18-,19+,29-/m0/s1. The second-order valence-electron chi connectivity index (χ2n) is 10.8. The van der Waals surface area contributed by atoms with E-state index in [0.717, 1.165) is 24.0 Å². The SMILES string of the molecule is CC(=O)C1=C(O)C[C@H]2C[C@H]3Cc4c(C(=O)CC5CCOCC5)ccc(C)c4C(=O)C3=C(C)[C@@]2(O)C1=O. The molecule has 1 saturated heterocycles. The highest BCUT2D eigenvalue weighted by Crippen LogP contribution is 2.51. The molecular weight excluding hydrogens is 460 g/mol. The molecule has 0 unspecified atom stereocenters. The van der Waals surface area contributed by atoms with Gasteiger partial charge >= 0.3 is 0 Å². The van der Waals surface area contributed by atoms with Gasteiger partial charge in [-0.05, 0) is 75.0 Å². The van der Waals surface area contributed by atoms with Gasteiger partial charge in [0.25, 0.3) is 0 Å². The van der Waals surface area contributed by atoms with Crippen LogP contribution in [0, 0.1) is 24.7 Å². The summed E-state index contributed by atoms with van der Waals surface area (Å²) in [4.78, 5) is 52.6. The average molecular weight is 493 g/mol. The minimum absolute atomic E-state index is 0.0112. The lowest BCUT2D eigenvalue weighted by Crippen LogP contribution is -2.56. The summed E-state index contributed by atoms with van der Waals surface area (Å²) in [7, 11) is 0. The number of fused-ring (bicyclic) bond motifs is 3. The first-order valence-corrected chi connectivity index (χ1v) is 12.7. The first-order valence-electron chi connectivity index (χ1n) is 12.7. The molecule has 5 rings (SSSR count). The van der Waals surface area contributed by atoms with E-state index in [-0.39, 0.29) is 46.7 Å². The van der Waals surface area contributed by atoms with Gasteiger partial charge in [0.15, 0.2) is 23.0 Å². The van der Waals surface area contributed by atoms with Crippen molar-refractivity contribution in [2.75, 3.05) is 13.2 Å². The van der Waals surface area contributed by atoms with Gasteiger partial charge in [0.1, 0.15) is 11.3 Å². The zero-order valence-corrected chi connectivity index (χ0v) is 21.0. The fourth-order valence-electron chi connectivity index (χ4n) is 6.86. The Morgan fingerprint density at radius 1 is 1.11 bits per heavy atom. The third kappa shape index (κ3) is 3.63. The van der Waals surface area contributed by atoms with E-state index in [1.54, 1.807) is 13.0 Å². The summed E-state index contributed by atoms with van der Waals surface area (Å²) < 4.78 is 5.42. The lowest BCUT2D eigenvalue weighted by atomic mass is 9.57. The Kier molecular flexibility index (Phi) is 6.12. The predicted molar refractivity (Wildman–Crippen MR) is 131 cm³/mol. The number of rotatable bonds is 4. The van der Waals surface area contributed by atoms with Crippen LogP contribution in [0.15, 0.2) is 34.6 Å². The Morgan fingerprint density at radius 3 is 2.47 bits per heavy atom. The number of aryl methyl sites for hydroxylation is 1. The van der Waals surface area contributed by atoms with Crippen LogP contribution in [0.4, 0.5) is 0 Å². The van der Waals surface area contributed by atoms with Crippen molar-refractivity contribution < 1.29 is 34.1 Å². The minimum Gasteiger partial charge on any atom is -0.511 e. The Morgan fingerprint density at radius 2 is 1.81 bits per heavy atom. The van der Waals surface area contributed by atoms with Crippen LogP contribution < -0.4 is 0 Å². The summed E-state index contributed by atoms with van der Waals surface area (Å²) >= 11 is 0. The summed E-state index contributed by atoms with van der Waals surface area (Å²) in [6, 6.07) is 3.62. The van der Waals surface area contributed by atoms with E-state index in [0.29, 0.717) is 49.2 Å². The smallest absolute Gasteiger partial charge is 0.205 e. The zero-order valence-electron chi connectivity index (χ0n) is 21.0. The maximum atomic E-state index is 13.9. The fraction of sp³-hybridized carbons (Fsp3) is 0.517. The Labute approximate surface area is 210 Å². The second kappa shape index (κ2) is 8.89. The molecular formula is C29H32O7. The molecule has 0 bridgehead atoms. The maximum Gasteiger partial charge on any atom is 0.205 e. The molecule has 0 spiro atoms. The van der Waals surface area contributed by atoms with Gasteiger partial charge in [0.05, 0.1) is 0 Å². The summed E-state index contributed by atoms with van der Waals surface area (Å²) in [5.41, 5.74) is 0.829. The van der Waals surface area contributed by atoms with Crippen LogP contribution in [-0.2, 0) is 20.7 Å². The number of carbonyl (C=O) groups is 4. The van der Waals surface area contributed by atoms with Gasteiger partial charge in [-0.2, -0.15) is 0 Å². The Balaban J connectivity index is 1.57. The van der Waals surface area contributed by atoms with Gasteiger partial charge in [0, 0.05) is 48.7 Å². The van der Waals surface area contributed by atoms with Crippen LogP contribution in [-0.4, -0.2) is 52.2 Å². The van der Waals surface area contributed by atoms with E-state index in [1.807, 2.05) is 13.0 Å². The lowest BCUT2D eigenvalue weighted by Gasteiger charge is -2.47. The van der Waals surface area contributed by atoms with Gasteiger partial charge in [0.2, 0.25) is 5.78 Å². The molecule has 0 aromatic heterocycles. The molecule has 36 heavy (non-hydrogen) atoms. The van der Waals surface area contributed by atoms with Crippen molar-refractivity contribution >= 4 is 23.1 Å². The number of benzene rings is 1. The number of ether oxygens (including phenoxy) is 1. The third-order valence-corrected chi connectivity index (χ3v) is 8.76. The largest absolute Gasteiger partial charge is 0.511 e. The van der Waals surface area contributed by atoms with E-state index < -0.39 is 23.1 Å². The van der Waals surface area contributed by atoms with Crippen LogP contribution in [0.3, 0.4) is 0 Å². The molecule has 1 fully saturated rings. The van der Waals surface area contributed by atoms with Crippen LogP contribution in [0.25, 0.3) is 0 Å². The van der Waals surface area contributed by atoms with Crippen molar-refractivity contribution in [3.8, 4) is 0 Å². The van der Waals surface area contributed by atoms with Crippen molar-refractivity contribution in [3.63, 3.8) is 0 Å². The van der Waals surface area contributed by atoms with Crippen molar-refractivity contribution in [1.82, 2.24) is 0 Å². The molecule has 0 radical (unpaired) electrons. The number of carbonyl (C=O) groups excluding carboxylic acids is 4. The number of Topliss-reactive ketones (excluding diaryl/α,β-unsaturated/α-hetero) is 4. The van der Waals surface area contributed by atoms with Crippen molar-refractivity contribution in [2.24, 2.45) is 17.8 Å². The van der Waals surface area contributed by atoms with Crippen LogP contribution in [0.1, 0.15) is 77.8 Å². The molecule has 1 aromatic carbocycles. The van der Waals surface area contributed by atoms with Crippen molar-refractivity contribution in [3.05, 3.63) is 56.9 Å². The van der Waals surface area contributed by atoms with Gasteiger partial charge in [-0.15, -0.1) is 0 Å². The molecule has 190 valence electrons. The highest BCUT2D eigenvalue weighted by molar-refractivity contribution is 6.25. The molecule has 4 aliphatic rings. The number of hydrogen-bond donors (Lipinski definition) is 2. The summed E-state index contributed by atoms with van der Waals surface area (Å²) in [6.07, 6.45) is 2.86. The van der Waals surface area contributed by atoms with Gasteiger partial charge in [-0.3, -0.25) is 19.2 Å². The molecule has 2 N–H and O–H groups in total. The number of hydrogen-bond acceptors (Lipinski definition) is 7. The Hall–Kier alpha value is -2.90. The number of aliphatic hydroxyl groups excluding tert-OH is 1. The molecule has 7 nitrogen and oxygen atoms in total. The number of allylic oxidation sites excluding steroid dienone is 2. The lowest BCUT2D eigenvalue weighted by molar-refractivity contribution is -0.140. The van der Waals surface area contributed by atoms with E-state index in [9.17, 15) is 29.4 Å². The van der Waals surface area contributed by atoms with E-state index in [4.69, 9.17) is 4.74 Å². The first kappa shape index (κ1) is 24.8. The van der Waals surface area contributed by atoms with Crippen LogP contribution >= 0.6 is 0 Å². The van der Waals surface area contributed by atoms with E-state index in [2.05, 4.69) is 0 Å². The Bertz CT molecular complexity index is 1260. The highest BCUT2D eigenvalue weighted by Gasteiger charge is 2.57. The predicted octanol–water partition coefficient (Wildman–Crippen LogP) is 3.79. The topological polar surface area (TPSA) is 118 Å². The summed E-state index contributed by atoms with van der Waals surface area (Å²) in [6.45, 7) is 5.93. The average Bonchev–Trinajstić information content (AvgIpc) is 2.82.